The fourth-order valence-electron chi connectivity index (χ4n) is 5.64. The number of nitrogens with zero attached hydrogens (tertiary/aromatic N) is 2. The predicted octanol–water partition coefficient (Wildman–Crippen LogP) is 5.96. The minimum Gasteiger partial charge on any atom is -0.481 e. The van der Waals surface area contributed by atoms with E-state index >= 15 is 0 Å². The first kappa shape index (κ1) is 24.4. The number of carboxylic acids is 1. The Bertz CT molecular complexity index is 1400. The summed E-state index contributed by atoms with van der Waals surface area (Å²) in [7, 11) is 0. The van der Waals surface area contributed by atoms with Crippen LogP contribution in [0.1, 0.15) is 39.8 Å². The molecule has 1 aliphatic heterocycles. The summed E-state index contributed by atoms with van der Waals surface area (Å²) in [6, 6.07) is 32.5. The summed E-state index contributed by atoms with van der Waals surface area (Å²) in [5, 5.41) is 21.5. The molecular formula is C31H28N2O4. The summed E-state index contributed by atoms with van der Waals surface area (Å²) in [6.45, 7) is 2.49. The SMILES string of the molecule is O=C(O)CC(c1ccccc1)(c1ccc([N+](=O)[O-])cc1)c1cccc2c1CCN(Cc1ccccc1)C2. The largest absolute Gasteiger partial charge is 0.481 e. The van der Waals surface area contributed by atoms with Crippen molar-refractivity contribution < 1.29 is 14.8 Å². The van der Waals surface area contributed by atoms with E-state index in [1.807, 2.05) is 48.5 Å². The lowest BCUT2D eigenvalue weighted by molar-refractivity contribution is -0.384. The molecule has 0 saturated carbocycles. The minimum absolute atomic E-state index is 0.0207. The number of nitro benzene ring substituents is 1. The van der Waals surface area contributed by atoms with E-state index in [1.165, 1.54) is 23.3 Å². The molecule has 1 aliphatic rings. The smallest absolute Gasteiger partial charge is 0.304 e. The van der Waals surface area contributed by atoms with E-state index in [1.54, 1.807) is 12.1 Å². The minimum atomic E-state index is -0.991. The van der Waals surface area contributed by atoms with Gasteiger partial charge in [0, 0.05) is 31.8 Å². The molecule has 1 unspecified atom stereocenters. The van der Waals surface area contributed by atoms with Crippen molar-refractivity contribution in [1.82, 2.24) is 4.90 Å². The summed E-state index contributed by atoms with van der Waals surface area (Å²) in [5.74, 6) is -0.929. The fraction of sp³-hybridized carbons (Fsp3) is 0.194. The van der Waals surface area contributed by atoms with Crippen LogP contribution >= 0.6 is 0 Å². The number of carboxylic acid groups (broad SMARTS) is 1. The molecule has 1 atom stereocenters. The van der Waals surface area contributed by atoms with Crippen molar-refractivity contribution in [1.29, 1.82) is 0 Å². The van der Waals surface area contributed by atoms with Gasteiger partial charge in [-0.15, -0.1) is 0 Å². The summed E-state index contributed by atoms with van der Waals surface area (Å²) < 4.78 is 0. The van der Waals surface area contributed by atoms with Crippen molar-refractivity contribution in [3.05, 3.63) is 147 Å². The lowest BCUT2D eigenvalue weighted by atomic mass is 9.65. The zero-order valence-corrected chi connectivity index (χ0v) is 20.4. The monoisotopic (exact) mass is 492 g/mol. The highest BCUT2D eigenvalue weighted by molar-refractivity contribution is 5.73. The number of benzene rings is 4. The van der Waals surface area contributed by atoms with Crippen LogP contribution in [0.15, 0.2) is 103 Å². The maximum Gasteiger partial charge on any atom is 0.304 e. The zero-order chi connectivity index (χ0) is 25.8. The second kappa shape index (κ2) is 10.4. The molecule has 0 radical (unpaired) electrons. The molecule has 0 aliphatic carbocycles. The third-order valence-corrected chi connectivity index (χ3v) is 7.31. The van der Waals surface area contributed by atoms with E-state index in [2.05, 4.69) is 35.2 Å². The van der Waals surface area contributed by atoms with Gasteiger partial charge in [0.2, 0.25) is 0 Å². The van der Waals surface area contributed by atoms with Gasteiger partial charge in [-0.05, 0) is 39.8 Å². The van der Waals surface area contributed by atoms with Gasteiger partial charge in [-0.1, -0.05) is 91.0 Å². The van der Waals surface area contributed by atoms with Crippen molar-refractivity contribution in [3.8, 4) is 0 Å². The first-order valence-electron chi connectivity index (χ1n) is 12.4. The molecule has 0 spiro atoms. The molecular weight excluding hydrogens is 464 g/mol. The topological polar surface area (TPSA) is 83.7 Å². The molecule has 37 heavy (non-hydrogen) atoms. The van der Waals surface area contributed by atoms with Crippen molar-refractivity contribution in [2.45, 2.75) is 31.3 Å². The molecule has 0 bridgehead atoms. The van der Waals surface area contributed by atoms with Crippen LogP contribution in [0.3, 0.4) is 0 Å². The van der Waals surface area contributed by atoms with Gasteiger partial charge >= 0.3 is 5.97 Å². The number of carbonyl (C=O) groups is 1. The molecule has 4 aromatic rings. The third-order valence-electron chi connectivity index (χ3n) is 7.31. The molecule has 0 fully saturated rings. The van der Waals surface area contributed by atoms with E-state index in [-0.39, 0.29) is 12.1 Å². The Hall–Kier alpha value is -4.29. The van der Waals surface area contributed by atoms with Gasteiger partial charge in [0.05, 0.1) is 16.8 Å². The Balaban J connectivity index is 1.64. The van der Waals surface area contributed by atoms with Crippen LogP contribution < -0.4 is 0 Å². The molecule has 6 heteroatoms. The molecule has 1 heterocycles. The van der Waals surface area contributed by atoms with E-state index in [4.69, 9.17) is 0 Å². The van der Waals surface area contributed by atoms with Crippen LogP contribution in [0.5, 0.6) is 0 Å². The number of rotatable bonds is 8. The number of nitro groups is 1. The van der Waals surface area contributed by atoms with Crippen LogP contribution in [0.2, 0.25) is 0 Å². The number of aliphatic carboxylic acids is 1. The van der Waals surface area contributed by atoms with Crippen molar-refractivity contribution in [2.24, 2.45) is 0 Å². The Morgan fingerprint density at radius 3 is 2.16 bits per heavy atom. The van der Waals surface area contributed by atoms with Crippen LogP contribution in [-0.4, -0.2) is 27.4 Å². The van der Waals surface area contributed by atoms with E-state index in [0.717, 1.165) is 48.3 Å². The zero-order valence-electron chi connectivity index (χ0n) is 20.4. The fourth-order valence-corrected chi connectivity index (χ4v) is 5.64. The highest BCUT2D eigenvalue weighted by atomic mass is 16.6. The predicted molar refractivity (Wildman–Crippen MR) is 142 cm³/mol. The van der Waals surface area contributed by atoms with Gasteiger partial charge in [0.25, 0.3) is 5.69 Å². The summed E-state index contributed by atoms with van der Waals surface area (Å²) in [6.07, 6.45) is 0.624. The molecule has 4 aromatic carbocycles. The van der Waals surface area contributed by atoms with Crippen molar-refractivity contribution in [3.63, 3.8) is 0 Å². The average molecular weight is 493 g/mol. The van der Waals surface area contributed by atoms with E-state index in [9.17, 15) is 20.0 Å². The molecule has 5 rings (SSSR count). The Morgan fingerprint density at radius 1 is 0.865 bits per heavy atom. The molecule has 0 amide bonds. The highest BCUT2D eigenvalue weighted by Crippen LogP contribution is 2.45. The lowest BCUT2D eigenvalue weighted by Gasteiger charge is -2.39. The van der Waals surface area contributed by atoms with Crippen molar-refractivity contribution >= 4 is 11.7 Å². The van der Waals surface area contributed by atoms with Gasteiger partial charge in [0.1, 0.15) is 0 Å². The summed E-state index contributed by atoms with van der Waals surface area (Å²) in [4.78, 5) is 25.7. The second-order valence-electron chi connectivity index (χ2n) is 9.54. The number of hydrogen-bond donors (Lipinski definition) is 1. The maximum atomic E-state index is 12.4. The molecule has 0 saturated heterocycles. The van der Waals surface area contributed by atoms with Crippen LogP contribution in [0, 0.1) is 10.1 Å². The first-order valence-corrected chi connectivity index (χ1v) is 12.4. The van der Waals surface area contributed by atoms with Gasteiger partial charge in [-0.25, -0.2) is 0 Å². The van der Waals surface area contributed by atoms with Crippen LogP contribution in [0.4, 0.5) is 5.69 Å². The van der Waals surface area contributed by atoms with Crippen molar-refractivity contribution in [2.75, 3.05) is 6.54 Å². The van der Waals surface area contributed by atoms with Gasteiger partial charge in [-0.3, -0.25) is 19.8 Å². The van der Waals surface area contributed by atoms with Crippen LogP contribution in [-0.2, 0) is 29.7 Å². The van der Waals surface area contributed by atoms with Gasteiger partial charge < -0.3 is 5.11 Å². The first-order chi connectivity index (χ1) is 18.0. The van der Waals surface area contributed by atoms with E-state index in [0.29, 0.717) is 0 Å². The Kier molecular flexibility index (Phi) is 6.84. The number of hydrogen-bond acceptors (Lipinski definition) is 4. The quantitative estimate of drug-likeness (QED) is 0.186. The standard InChI is InChI=1S/C31H28N2O4/c34-30(35)20-31(25-11-5-2-6-12-25,26-14-16-27(17-15-26)33(36)37)29-13-7-10-24-22-32(19-18-28(24)29)21-23-8-3-1-4-9-23/h1-17H,18-22H2,(H,34,35). The van der Waals surface area contributed by atoms with Crippen LogP contribution in [0.25, 0.3) is 0 Å². The Labute approximate surface area is 216 Å². The van der Waals surface area contributed by atoms with Gasteiger partial charge in [-0.2, -0.15) is 0 Å². The maximum absolute atomic E-state index is 12.4. The highest BCUT2D eigenvalue weighted by Gasteiger charge is 2.41. The van der Waals surface area contributed by atoms with E-state index < -0.39 is 16.3 Å². The Morgan fingerprint density at radius 2 is 1.51 bits per heavy atom. The molecule has 1 N–H and O–H groups in total. The number of non-ortho nitro benzene ring substituents is 1. The molecule has 6 nitrogen and oxygen atoms in total. The third kappa shape index (κ3) is 4.88. The molecule has 186 valence electrons. The molecule has 0 aromatic heterocycles. The lowest BCUT2D eigenvalue weighted by Crippen LogP contribution is -2.37. The normalized spacial score (nSPS) is 14.9. The van der Waals surface area contributed by atoms with Gasteiger partial charge in [0.15, 0.2) is 0 Å². The average Bonchev–Trinajstić information content (AvgIpc) is 2.92. The summed E-state index contributed by atoms with van der Waals surface area (Å²) >= 11 is 0. The second-order valence-corrected chi connectivity index (χ2v) is 9.54. The summed E-state index contributed by atoms with van der Waals surface area (Å²) in [5.41, 5.74) is 5.13. The number of fused-ring (bicyclic) bond motifs is 1.